The Hall–Kier alpha value is -1.57. The van der Waals surface area contributed by atoms with Crippen LogP contribution in [0.5, 0.6) is 0 Å². The molecule has 1 aromatic rings. The second kappa shape index (κ2) is 6.90. The van der Waals surface area contributed by atoms with Gasteiger partial charge in [-0.2, -0.15) is 10.2 Å². The number of hydrogen-bond acceptors (Lipinski definition) is 6. The van der Waals surface area contributed by atoms with Crippen LogP contribution in [0.25, 0.3) is 0 Å². The number of carbonyl (C=O) groups is 1. The van der Waals surface area contributed by atoms with Gasteiger partial charge in [0.05, 0.1) is 43.8 Å². The fraction of sp³-hybridized carbons (Fsp3) is 0.688. The summed E-state index contributed by atoms with van der Waals surface area (Å²) < 4.78 is 12.0. The van der Waals surface area contributed by atoms with Crippen molar-refractivity contribution in [2.45, 2.75) is 24.5 Å². The van der Waals surface area contributed by atoms with Crippen LogP contribution in [0, 0.1) is 0 Å². The van der Waals surface area contributed by atoms with Crippen molar-refractivity contribution >= 4 is 5.91 Å². The Balaban J connectivity index is 1.70. The lowest BCUT2D eigenvalue weighted by Crippen LogP contribution is -2.47. The van der Waals surface area contributed by atoms with E-state index >= 15 is 0 Å². The quantitative estimate of drug-likeness (QED) is 0.804. The SMILES string of the molecule is CN(C)C[C@H]1CC[C@]2(COCCN(C(=O)c3ccnnc3)C2)O1. The molecule has 2 saturated heterocycles. The van der Waals surface area contributed by atoms with Gasteiger partial charge in [-0.25, -0.2) is 0 Å². The number of ether oxygens (including phenoxy) is 2. The van der Waals surface area contributed by atoms with Gasteiger partial charge >= 0.3 is 0 Å². The van der Waals surface area contributed by atoms with Crippen LogP contribution in [0.3, 0.4) is 0 Å². The zero-order valence-electron chi connectivity index (χ0n) is 13.8. The fourth-order valence-electron chi connectivity index (χ4n) is 3.33. The third-order valence-electron chi connectivity index (χ3n) is 4.38. The van der Waals surface area contributed by atoms with E-state index in [1.807, 2.05) is 19.0 Å². The Kier molecular flexibility index (Phi) is 4.89. The maximum atomic E-state index is 12.7. The maximum absolute atomic E-state index is 12.7. The van der Waals surface area contributed by atoms with E-state index < -0.39 is 0 Å². The van der Waals surface area contributed by atoms with Gasteiger partial charge in [-0.15, -0.1) is 0 Å². The highest BCUT2D eigenvalue weighted by Crippen LogP contribution is 2.33. The smallest absolute Gasteiger partial charge is 0.255 e. The minimum atomic E-state index is -0.382. The van der Waals surface area contributed by atoms with E-state index in [0.29, 0.717) is 31.9 Å². The van der Waals surface area contributed by atoms with Gasteiger partial charge in [0.25, 0.3) is 5.91 Å². The molecule has 0 radical (unpaired) electrons. The normalized spacial score (nSPS) is 28.3. The van der Waals surface area contributed by atoms with Gasteiger partial charge in [0.2, 0.25) is 0 Å². The number of likely N-dealkylation sites (N-methyl/N-ethyl adjacent to an activating group) is 1. The molecule has 0 unspecified atom stereocenters. The summed E-state index contributed by atoms with van der Waals surface area (Å²) in [7, 11) is 4.09. The summed E-state index contributed by atoms with van der Waals surface area (Å²) in [5, 5.41) is 7.52. The minimum Gasteiger partial charge on any atom is -0.377 e. The van der Waals surface area contributed by atoms with Crippen LogP contribution in [0.2, 0.25) is 0 Å². The average Bonchev–Trinajstić information content (AvgIpc) is 2.79. The standard InChI is InChI=1S/C16H24N4O3/c1-19(2)10-14-3-5-16(23-14)11-20(7-8-22-12-16)15(21)13-4-6-17-18-9-13/h4,6,9,14H,3,5,7-8,10-12H2,1-2H3/t14-,16+/m1/s1. The number of hydrogen-bond donors (Lipinski definition) is 0. The summed E-state index contributed by atoms with van der Waals surface area (Å²) >= 11 is 0. The molecule has 3 heterocycles. The molecule has 2 atom stereocenters. The van der Waals surface area contributed by atoms with Crippen LogP contribution in [0.1, 0.15) is 23.2 Å². The first-order valence-electron chi connectivity index (χ1n) is 8.04. The Morgan fingerprint density at radius 1 is 1.48 bits per heavy atom. The summed E-state index contributed by atoms with van der Waals surface area (Å²) in [4.78, 5) is 16.6. The van der Waals surface area contributed by atoms with Crippen LogP contribution < -0.4 is 0 Å². The molecule has 2 aliphatic rings. The van der Waals surface area contributed by atoms with Crippen LogP contribution in [0.15, 0.2) is 18.5 Å². The largest absolute Gasteiger partial charge is 0.377 e. The molecule has 0 aliphatic carbocycles. The number of amides is 1. The molecule has 0 saturated carbocycles. The molecule has 23 heavy (non-hydrogen) atoms. The topological polar surface area (TPSA) is 67.8 Å². The molecule has 1 aromatic heterocycles. The number of aromatic nitrogens is 2. The van der Waals surface area contributed by atoms with Crippen LogP contribution in [-0.4, -0.2) is 84.6 Å². The second-order valence-corrected chi connectivity index (χ2v) is 6.63. The molecule has 2 aliphatic heterocycles. The first-order valence-corrected chi connectivity index (χ1v) is 8.04. The Morgan fingerprint density at radius 2 is 2.35 bits per heavy atom. The van der Waals surface area contributed by atoms with E-state index in [9.17, 15) is 4.79 Å². The highest BCUT2D eigenvalue weighted by Gasteiger charge is 2.44. The Bertz CT molecular complexity index is 539. The molecule has 0 N–H and O–H groups in total. The van der Waals surface area contributed by atoms with E-state index in [4.69, 9.17) is 9.47 Å². The van der Waals surface area contributed by atoms with Crippen molar-refractivity contribution in [1.29, 1.82) is 0 Å². The van der Waals surface area contributed by atoms with Gasteiger partial charge in [0.1, 0.15) is 5.60 Å². The Morgan fingerprint density at radius 3 is 3.09 bits per heavy atom. The molecule has 3 rings (SSSR count). The van der Waals surface area contributed by atoms with Gasteiger partial charge in [0, 0.05) is 13.1 Å². The minimum absolute atomic E-state index is 0.0376. The predicted molar refractivity (Wildman–Crippen MR) is 84.1 cm³/mol. The van der Waals surface area contributed by atoms with Crippen molar-refractivity contribution in [2.24, 2.45) is 0 Å². The third kappa shape index (κ3) is 3.85. The van der Waals surface area contributed by atoms with Crippen molar-refractivity contribution in [2.75, 3.05) is 46.9 Å². The molecule has 7 nitrogen and oxygen atoms in total. The van der Waals surface area contributed by atoms with Crippen molar-refractivity contribution in [3.8, 4) is 0 Å². The second-order valence-electron chi connectivity index (χ2n) is 6.63. The lowest BCUT2D eigenvalue weighted by Gasteiger charge is -2.32. The summed E-state index contributed by atoms with van der Waals surface area (Å²) in [6, 6.07) is 1.69. The van der Waals surface area contributed by atoms with Crippen molar-refractivity contribution in [3.05, 3.63) is 24.0 Å². The van der Waals surface area contributed by atoms with Crippen LogP contribution in [0.4, 0.5) is 0 Å². The molecule has 126 valence electrons. The van der Waals surface area contributed by atoms with Gasteiger partial charge in [-0.05, 0) is 33.0 Å². The third-order valence-corrected chi connectivity index (χ3v) is 4.38. The summed E-state index contributed by atoms with van der Waals surface area (Å²) in [5.74, 6) is -0.0376. The molecule has 1 amide bonds. The molecular formula is C16H24N4O3. The molecule has 7 heteroatoms. The van der Waals surface area contributed by atoms with Gasteiger partial charge in [-0.1, -0.05) is 0 Å². The van der Waals surface area contributed by atoms with E-state index in [1.165, 1.54) is 12.4 Å². The predicted octanol–water partition coefficient (Wildman–Crippen LogP) is 0.428. The fourth-order valence-corrected chi connectivity index (χ4v) is 3.33. The average molecular weight is 320 g/mol. The van der Waals surface area contributed by atoms with Crippen molar-refractivity contribution in [3.63, 3.8) is 0 Å². The van der Waals surface area contributed by atoms with E-state index in [2.05, 4.69) is 15.1 Å². The maximum Gasteiger partial charge on any atom is 0.255 e. The zero-order valence-corrected chi connectivity index (χ0v) is 13.8. The first-order chi connectivity index (χ1) is 11.1. The highest BCUT2D eigenvalue weighted by molar-refractivity contribution is 5.93. The number of carbonyl (C=O) groups excluding carboxylic acids is 1. The van der Waals surface area contributed by atoms with E-state index in [-0.39, 0.29) is 17.6 Å². The molecule has 0 aromatic carbocycles. The number of nitrogens with zero attached hydrogens (tertiary/aromatic N) is 4. The lowest BCUT2D eigenvalue weighted by atomic mass is 9.99. The van der Waals surface area contributed by atoms with Gasteiger partial charge < -0.3 is 19.3 Å². The first kappa shape index (κ1) is 16.3. The monoisotopic (exact) mass is 320 g/mol. The van der Waals surface area contributed by atoms with Gasteiger partial charge in [0.15, 0.2) is 0 Å². The molecular weight excluding hydrogens is 296 g/mol. The lowest BCUT2D eigenvalue weighted by molar-refractivity contribution is -0.0878. The summed E-state index contributed by atoms with van der Waals surface area (Å²) in [6.45, 7) is 3.12. The summed E-state index contributed by atoms with van der Waals surface area (Å²) in [5.41, 5.74) is 0.174. The van der Waals surface area contributed by atoms with Crippen LogP contribution >= 0.6 is 0 Å². The number of rotatable bonds is 3. The van der Waals surface area contributed by atoms with E-state index in [1.54, 1.807) is 6.07 Å². The van der Waals surface area contributed by atoms with Crippen molar-refractivity contribution < 1.29 is 14.3 Å². The van der Waals surface area contributed by atoms with Crippen molar-refractivity contribution in [1.82, 2.24) is 20.0 Å². The molecule has 2 fully saturated rings. The summed E-state index contributed by atoms with van der Waals surface area (Å²) in [6.07, 6.45) is 5.16. The van der Waals surface area contributed by atoms with Gasteiger partial charge in [-0.3, -0.25) is 4.79 Å². The highest BCUT2D eigenvalue weighted by atomic mass is 16.6. The van der Waals surface area contributed by atoms with E-state index in [0.717, 1.165) is 19.4 Å². The molecule has 1 spiro atoms. The zero-order chi connectivity index (χ0) is 16.3. The molecule has 0 bridgehead atoms. The van der Waals surface area contributed by atoms with Crippen LogP contribution in [-0.2, 0) is 9.47 Å². The Labute approximate surface area is 136 Å².